The van der Waals surface area contributed by atoms with Crippen molar-refractivity contribution >= 4 is 0 Å². The average molecular weight is 229 g/mol. The van der Waals surface area contributed by atoms with E-state index in [1.165, 1.54) is 32.2 Å². The first-order chi connectivity index (χ1) is 7.70. The zero-order valence-corrected chi connectivity index (χ0v) is 11.7. The molecular formula is C14H31NO. The zero-order valence-electron chi connectivity index (χ0n) is 11.7. The van der Waals surface area contributed by atoms with Gasteiger partial charge in [-0.3, -0.25) is 0 Å². The summed E-state index contributed by atoms with van der Waals surface area (Å²) in [6.45, 7) is 13.0. The molecule has 0 aliphatic heterocycles. The van der Waals surface area contributed by atoms with Crippen molar-refractivity contribution in [3.05, 3.63) is 0 Å². The molecule has 0 spiro atoms. The van der Waals surface area contributed by atoms with Gasteiger partial charge in [0, 0.05) is 13.2 Å². The summed E-state index contributed by atoms with van der Waals surface area (Å²) in [6, 6.07) is 0. The molecule has 0 aromatic heterocycles. The molecule has 0 saturated heterocycles. The monoisotopic (exact) mass is 229 g/mol. The van der Waals surface area contributed by atoms with Crippen molar-refractivity contribution in [2.45, 2.75) is 53.4 Å². The van der Waals surface area contributed by atoms with Crippen LogP contribution in [0.15, 0.2) is 0 Å². The van der Waals surface area contributed by atoms with Crippen molar-refractivity contribution in [3.8, 4) is 0 Å². The van der Waals surface area contributed by atoms with E-state index in [0.717, 1.165) is 31.6 Å². The van der Waals surface area contributed by atoms with Gasteiger partial charge in [0.05, 0.1) is 0 Å². The second-order valence-corrected chi connectivity index (χ2v) is 5.04. The maximum absolute atomic E-state index is 5.39. The molecule has 0 fully saturated rings. The highest BCUT2D eigenvalue weighted by Gasteiger charge is 2.10. The number of rotatable bonds is 11. The highest BCUT2D eigenvalue weighted by molar-refractivity contribution is 4.64. The van der Waals surface area contributed by atoms with E-state index in [0.29, 0.717) is 0 Å². The molecule has 0 bridgehead atoms. The van der Waals surface area contributed by atoms with Crippen LogP contribution in [0.3, 0.4) is 0 Å². The quantitative estimate of drug-likeness (QED) is 0.548. The minimum absolute atomic E-state index is 0.806. The van der Waals surface area contributed by atoms with Crippen LogP contribution < -0.4 is 5.32 Å². The standard InChI is InChI=1S/C14H31NO/c1-5-9-15-12-14(11-13(3)4)8-7-10-16-6-2/h13-15H,5-12H2,1-4H3. The number of nitrogens with one attached hydrogen (secondary N) is 1. The van der Waals surface area contributed by atoms with Crippen molar-refractivity contribution < 1.29 is 4.74 Å². The van der Waals surface area contributed by atoms with E-state index in [1.54, 1.807) is 0 Å². The van der Waals surface area contributed by atoms with Crippen LogP contribution in [0.2, 0.25) is 0 Å². The van der Waals surface area contributed by atoms with Gasteiger partial charge in [-0.25, -0.2) is 0 Å². The summed E-state index contributed by atoms with van der Waals surface area (Å²) in [6.07, 6.45) is 5.07. The molecule has 2 nitrogen and oxygen atoms in total. The van der Waals surface area contributed by atoms with Gasteiger partial charge >= 0.3 is 0 Å². The molecule has 0 rings (SSSR count). The fourth-order valence-electron chi connectivity index (χ4n) is 2.07. The van der Waals surface area contributed by atoms with Crippen LogP contribution in [0, 0.1) is 11.8 Å². The third-order valence-electron chi connectivity index (χ3n) is 2.77. The number of hydrogen-bond acceptors (Lipinski definition) is 2. The molecule has 0 amide bonds. The molecule has 0 saturated carbocycles. The van der Waals surface area contributed by atoms with Gasteiger partial charge < -0.3 is 10.1 Å². The van der Waals surface area contributed by atoms with Crippen LogP contribution in [0.1, 0.15) is 53.4 Å². The highest BCUT2D eigenvalue weighted by atomic mass is 16.5. The van der Waals surface area contributed by atoms with Gasteiger partial charge in [-0.05, 0) is 57.5 Å². The van der Waals surface area contributed by atoms with Crippen LogP contribution in [-0.4, -0.2) is 26.3 Å². The Hall–Kier alpha value is -0.0800. The molecule has 0 heterocycles. The van der Waals surface area contributed by atoms with Gasteiger partial charge in [0.2, 0.25) is 0 Å². The Morgan fingerprint density at radius 1 is 1.19 bits per heavy atom. The minimum atomic E-state index is 0.806. The number of hydrogen-bond donors (Lipinski definition) is 1. The maximum atomic E-state index is 5.39. The molecule has 1 N–H and O–H groups in total. The third-order valence-corrected chi connectivity index (χ3v) is 2.77. The Morgan fingerprint density at radius 2 is 1.94 bits per heavy atom. The second-order valence-electron chi connectivity index (χ2n) is 5.04. The van der Waals surface area contributed by atoms with Crippen molar-refractivity contribution in [2.24, 2.45) is 11.8 Å². The largest absolute Gasteiger partial charge is 0.382 e. The van der Waals surface area contributed by atoms with Crippen molar-refractivity contribution in [1.29, 1.82) is 0 Å². The first kappa shape index (κ1) is 15.9. The van der Waals surface area contributed by atoms with E-state index >= 15 is 0 Å². The summed E-state index contributed by atoms with van der Waals surface area (Å²) in [5, 5.41) is 3.54. The van der Waals surface area contributed by atoms with E-state index in [-0.39, 0.29) is 0 Å². The molecule has 1 atom stereocenters. The van der Waals surface area contributed by atoms with Crippen LogP contribution >= 0.6 is 0 Å². The minimum Gasteiger partial charge on any atom is -0.382 e. The molecule has 0 aliphatic rings. The molecule has 0 radical (unpaired) electrons. The summed E-state index contributed by atoms with van der Waals surface area (Å²) in [7, 11) is 0. The van der Waals surface area contributed by atoms with E-state index in [9.17, 15) is 0 Å². The van der Waals surface area contributed by atoms with E-state index in [4.69, 9.17) is 4.74 Å². The molecule has 1 unspecified atom stereocenters. The summed E-state index contributed by atoms with van der Waals surface area (Å²) < 4.78 is 5.39. The molecule has 16 heavy (non-hydrogen) atoms. The maximum Gasteiger partial charge on any atom is 0.0466 e. The smallest absolute Gasteiger partial charge is 0.0466 e. The Labute approximate surface area is 102 Å². The van der Waals surface area contributed by atoms with Crippen LogP contribution in [0.4, 0.5) is 0 Å². The second kappa shape index (κ2) is 11.4. The lowest BCUT2D eigenvalue weighted by Crippen LogP contribution is -2.25. The Kier molecular flexibility index (Phi) is 11.3. The average Bonchev–Trinajstić information content (AvgIpc) is 2.23. The molecule has 0 aromatic rings. The molecule has 2 heteroatoms. The van der Waals surface area contributed by atoms with Crippen LogP contribution in [0.5, 0.6) is 0 Å². The summed E-state index contributed by atoms with van der Waals surface area (Å²) in [5.41, 5.74) is 0. The molecule has 0 aliphatic carbocycles. The van der Waals surface area contributed by atoms with Gasteiger partial charge in [-0.1, -0.05) is 20.8 Å². The van der Waals surface area contributed by atoms with Crippen molar-refractivity contribution in [3.63, 3.8) is 0 Å². The van der Waals surface area contributed by atoms with Gasteiger partial charge in [0.1, 0.15) is 0 Å². The molecule has 0 aromatic carbocycles. The van der Waals surface area contributed by atoms with Gasteiger partial charge in [-0.15, -0.1) is 0 Å². The van der Waals surface area contributed by atoms with Crippen molar-refractivity contribution in [1.82, 2.24) is 5.32 Å². The summed E-state index contributed by atoms with van der Waals surface area (Å²) in [4.78, 5) is 0. The Bertz CT molecular complexity index is 137. The normalized spacial score (nSPS) is 13.3. The zero-order chi connectivity index (χ0) is 12.2. The lowest BCUT2D eigenvalue weighted by molar-refractivity contribution is 0.138. The van der Waals surface area contributed by atoms with Crippen molar-refractivity contribution in [2.75, 3.05) is 26.3 Å². The first-order valence-electron chi connectivity index (χ1n) is 6.99. The van der Waals surface area contributed by atoms with Gasteiger partial charge in [0.25, 0.3) is 0 Å². The summed E-state index contributed by atoms with van der Waals surface area (Å²) in [5.74, 6) is 1.63. The van der Waals surface area contributed by atoms with Crippen LogP contribution in [-0.2, 0) is 4.74 Å². The SMILES string of the molecule is CCCNCC(CCCOCC)CC(C)C. The Morgan fingerprint density at radius 3 is 2.50 bits per heavy atom. The fourth-order valence-corrected chi connectivity index (χ4v) is 2.07. The lowest BCUT2D eigenvalue weighted by atomic mass is 9.93. The van der Waals surface area contributed by atoms with E-state index in [1.807, 2.05) is 0 Å². The third kappa shape index (κ3) is 10.4. The topological polar surface area (TPSA) is 21.3 Å². The highest BCUT2D eigenvalue weighted by Crippen LogP contribution is 2.16. The fraction of sp³-hybridized carbons (Fsp3) is 1.00. The first-order valence-corrected chi connectivity index (χ1v) is 6.99. The van der Waals surface area contributed by atoms with E-state index in [2.05, 4.69) is 33.0 Å². The van der Waals surface area contributed by atoms with Crippen LogP contribution in [0.25, 0.3) is 0 Å². The van der Waals surface area contributed by atoms with Gasteiger partial charge in [-0.2, -0.15) is 0 Å². The predicted molar refractivity (Wildman–Crippen MR) is 71.8 cm³/mol. The van der Waals surface area contributed by atoms with E-state index < -0.39 is 0 Å². The Balaban J connectivity index is 3.63. The lowest BCUT2D eigenvalue weighted by Gasteiger charge is -2.19. The number of ether oxygens (including phenoxy) is 1. The van der Waals surface area contributed by atoms with Gasteiger partial charge in [0.15, 0.2) is 0 Å². The summed E-state index contributed by atoms with van der Waals surface area (Å²) >= 11 is 0. The predicted octanol–water partition coefficient (Wildman–Crippen LogP) is 3.47. The molecular weight excluding hydrogens is 198 g/mol. The molecule has 98 valence electrons.